The van der Waals surface area contributed by atoms with Crippen LogP contribution in [-0.2, 0) is 11.2 Å². The molecule has 0 aliphatic carbocycles. The van der Waals surface area contributed by atoms with Gasteiger partial charge >= 0.3 is 0 Å². The lowest BCUT2D eigenvalue weighted by molar-refractivity contribution is -0.115. The van der Waals surface area contributed by atoms with Crippen LogP contribution in [0.4, 0.5) is 4.79 Å². The number of aryl methyl sites for hydroxylation is 2. The Bertz CT molecular complexity index is 1090. The summed E-state index contributed by atoms with van der Waals surface area (Å²) >= 11 is 2.44. The van der Waals surface area contributed by atoms with E-state index in [1.54, 1.807) is 13.0 Å². The van der Waals surface area contributed by atoms with Crippen molar-refractivity contribution in [3.63, 3.8) is 0 Å². The molecule has 0 bridgehead atoms. The molecule has 8 heteroatoms. The third-order valence-electron chi connectivity index (χ3n) is 4.43. The maximum absolute atomic E-state index is 11.6. The molecule has 1 unspecified atom stereocenters. The van der Waals surface area contributed by atoms with Crippen LogP contribution in [0.2, 0.25) is 0 Å². The molecule has 1 aliphatic rings. The van der Waals surface area contributed by atoms with E-state index in [0.717, 1.165) is 27.1 Å². The first-order valence-corrected chi connectivity index (χ1v) is 10.7. The predicted molar refractivity (Wildman–Crippen MR) is 113 cm³/mol. The van der Waals surface area contributed by atoms with Crippen LogP contribution >= 0.6 is 23.1 Å². The molecule has 0 radical (unpaired) electrons. The molecule has 1 saturated heterocycles. The van der Waals surface area contributed by atoms with Crippen LogP contribution in [0, 0.1) is 6.92 Å². The van der Waals surface area contributed by atoms with Gasteiger partial charge in [0.25, 0.3) is 11.1 Å². The molecule has 1 atom stereocenters. The van der Waals surface area contributed by atoms with Crippen LogP contribution in [-0.4, -0.2) is 21.2 Å². The number of aromatic nitrogens is 1. The Kier molecular flexibility index (Phi) is 5.66. The van der Waals surface area contributed by atoms with Crippen LogP contribution in [0.25, 0.3) is 17.5 Å². The molecule has 3 aromatic rings. The molecule has 2 aromatic heterocycles. The Labute approximate surface area is 175 Å². The summed E-state index contributed by atoms with van der Waals surface area (Å²) in [4.78, 5) is 29.7. The van der Waals surface area contributed by atoms with Gasteiger partial charge in [0, 0.05) is 15.3 Å². The number of nitrogens with zero attached hydrogens (tertiary/aromatic N) is 1. The van der Waals surface area contributed by atoms with E-state index in [2.05, 4.69) is 10.3 Å². The number of carbonyl (C=O) groups is 2. The summed E-state index contributed by atoms with van der Waals surface area (Å²) in [7, 11) is 0. The Hall–Kier alpha value is -2.68. The monoisotopic (exact) mass is 426 g/mol. The summed E-state index contributed by atoms with van der Waals surface area (Å²) in [6, 6.07) is 13.5. The van der Waals surface area contributed by atoms with Gasteiger partial charge in [-0.2, -0.15) is 0 Å². The van der Waals surface area contributed by atoms with E-state index in [-0.39, 0.29) is 11.1 Å². The first-order valence-electron chi connectivity index (χ1n) is 9.04. The van der Waals surface area contributed by atoms with Gasteiger partial charge < -0.3 is 9.52 Å². The van der Waals surface area contributed by atoms with Crippen LogP contribution in [0.5, 0.6) is 0 Å². The number of rotatable bonds is 6. The van der Waals surface area contributed by atoms with E-state index in [9.17, 15) is 14.7 Å². The van der Waals surface area contributed by atoms with Crippen LogP contribution in [0.15, 0.2) is 51.8 Å². The summed E-state index contributed by atoms with van der Waals surface area (Å²) in [6.45, 7) is 1.80. The lowest BCUT2D eigenvalue weighted by Crippen LogP contribution is -2.17. The second-order valence-corrected chi connectivity index (χ2v) is 8.75. The molecule has 1 fully saturated rings. The standard InChI is InChI=1S/C21H18N2O4S2/c1-12-18(22-20(27-12)13-5-3-2-4-6-13)16(24)10-9-14-7-8-15(28-14)11-17-19(25)23-21(26)29-17/h2-8,11,16,24H,9-10H2,1H3,(H,23,25,26). The van der Waals surface area contributed by atoms with Crippen molar-refractivity contribution in [2.75, 3.05) is 0 Å². The number of nitrogens with one attached hydrogen (secondary N) is 1. The van der Waals surface area contributed by atoms with Gasteiger partial charge in [0.05, 0.1) is 11.0 Å². The lowest BCUT2D eigenvalue weighted by atomic mass is 10.1. The molecule has 2 amide bonds. The number of amides is 2. The maximum atomic E-state index is 11.6. The van der Waals surface area contributed by atoms with E-state index in [1.165, 1.54) is 11.3 Å². The van der Waals surface area contributed by atoms with Crippen molar-refractivity contribution in [2.24, 2.45) is 0 Å². The highest BCUT2D eigenvalue weighted by Crippen LogP contribution is 2.31. The quantitative estimate of drug-likeness (QED) is 0.555. The van der Waals surface area contributed by atoms with Gasteiger partial charge in [0.15, 0.2) is 0 Å². The lowest BCUT2D eigenvalue weighted by Gasteiger charge is -2.06. The number of hydrogen-bond donors (Lipinski definition) is 2. The zero-order chi connectivity index (χ0) is 20.4. The normalized spacial score (nSPS) is 16.4. The van der Waals surface area contributed by atoms with Gasteiger partial charge in [-0.15, -0.1) is 11.3 Å². The molecular formula is C21H18N2O4S2. The number of benzene rings is 1. The van der Waals surface area contributed by atoms with Gasteiger partial charge in [-0.1, -0.05) is 18.2 Å². The number of thiophene rings is 1. The summed E-state index contributed by atoms with van der Waals surface area (Å²) in [5, 5.41) is 12.5. The smallest absolute Gasteiger partial charge is 0.290 e. The van der Waals surface area contributed by atoms with Crippen LogP contribution < -0.4 is 5.32 Å². The molecule has 3 heterocycles. The number of thioether (sulfide) groups is 1. The van der Waals surface area contributed by atoms with E-state index in [1.807, 2.05) is 42.5 Å². The van der Waals surface area contributed by atoms with Crippen molar-refractivity contribution in [2.45, 2.75) is 25.9 Å². The number of aliphatic hydroxyl groups is 1. The highest BCUT2D eigenvalue weighted by Gasteiger charge is 2.25. The second-order valence-electron chi connectivity index (χ2n) is 6.54. The number of aliphatic hydroxyl groups excluding tert-OH is 1. The largest absolute Gasteiger partial charge is 0.441 e. The Balaban J connectivity index is 1.41. The number of oxazole rings is 1. The molecule has 2 N–H and O–H groups in total. The maximum Gasteiger partial charge on any atom is 0.290 e. The van der Waals surface area contributed by atoms with Crippen LogP contribution in [0.1, 0.15) is 33.7 Å². The number of carbonyl (C=O) groups excluding carboxylic acids is 2. The highest BCUT2D eigenvalue weighted by molar-refractivity contribution is 8.18. The van der Waals surface area contributed by atoms with E-state index < -0.39 is 6.10 Å². The first kappa shape index (κ1) is 19.6. The van der Waals surface area contributed by atoms with Crippen molar-refractivity contribution >= 4 is 40.3 Å². The summed E-state index contributed by atoms with van der Waals surface area (Å²) in [5.74, 6) is 0.757. The minimum absolute atomic E-state index is 0.348. The summed E-state index contributed by atoms with van der Waals surface area (Å²) < 4.78 is 5.73. The third kappa shape index (κ3) is 4.50. The van der Waals surface area contributed by atoms with E-state index >= 15 is 0 Å². The Morgan fingerprint density at radius 3 is 2.72 bits per heavy atom. The Morgan fingerprint density at radius 2 is 2.00 bits per heavy atom. The van der Waals surface area contributed by atoms with Crippen molar-refractivity contribution in [3.05, 3.63) is 68.6 Å². The molecule has 1 aromatic carbocycles. The molecule has 4 rings (SSSR count). The van der Waals surface area contributed by atoms with Crippen molar-refractivity contribution in [1.29, 1.82) is 0 Å². The number of hydrogen-bond acceptors (Lipinski definition) is 7. The SMILES string of the molecule is Cc1oc(-c2ccccc2)nc1C(O)CCc1ccc(C=C2SC(=O)NC2=O)s1. The second kappa shape index (κ2) is 8.36. The molecule has 29 heavy (non-hydrogen) atoms. The topological polar surface area (TPSA) is 92.4 Å². The van der Waals surface area contributed by atoms with E-state index in [4.69, 9.17) is 4.42 Å². The zero-order valence-corrected chi connectivity index (χ0v) is 17.2. The predicted octanol–water partition coefficient (Wildman–Crippen LogP) is 4.70. The average Bonchev–Trinajstić information content (AvgIpc) is 3.40. The Morgan fingerprint density at radius 1 is 1.21 bits per heavy atom. The highest BCUT2D eigenvalue weighted by atomic mass is 32.2. The fraction of sp³-hybridized carbons (Fsp3) is 0.190. The summed E-state index contributed by atoms with van der Waals surface area (Å²) in [6.07, 6.45) is 2.16. The van der Waals surface area contributed by atoms with Crippen molar-refractivity contribution in [3.8, 4) is 11.5 Å². The van der Waals surface area contributed by atoms with Gasteiger partial charge in [-0.3, -0.25) is 14.9 Å². The third-order valence-corrected chi connectivity index (χ3v) is 6.33. The fourth-order valence-corrected chi connectivity index (χ4v) is 4.71. The van der Waals surface area contributed by atoms with Gasteiger partial charge in [-0.05, 0) is 61.9 Å². The molecule has 0 spiro atoms. The van der Waals surface area contributed by atoms with E-state index in [0.29, 0.717) is 35.1 Å². The molecular weight excluding hydrogens is 408 g/mol. The molecule has 1 aliphatic heterocycles. The zero-order valence-electron chi connectivity index (χ0n) is 15.5. The molecule has 0 saturated carbocycles. The summed E-state index contributed by atoms with van der Waals surface area (Å²) in [5.41, 5.74) is 1.43. The molecule has 148 valence electrons. The number of imide groups is 1. The van der Waals surface area contributed by atoms with Gasteiger partial charge in [0.1, 0.15) is 11.5 Å². The first-order chi connectivity index (χ1) is 14.0. The van der Waals surface area contributed by atoms with Crippen molar-refractivity contribution in [1.82, 2.24) is 10.3 Å². The van der Waals surface area contributed by atoms with Crippen LogP contribution in [0.3, 0.4) is 0 Å². The fourth-order valence-electron chi connectivity index (χ4n) is 2.99. The van der Waals surface area contributed by atoms with Crippen molar-refractivity contribution < 1.29 is 19.1 Å². The minimum Gasteiger partial charge on any atom is -0.441 e. The average molecular weight is 427 g/mol. The minimum atomic E-state index is -0.728. The molecule has 6 nitrogen and oxygen atoms in total. The van der Waals surface area contributed by atoms with Gasteiger partial charge in [0.2, 0.25) is 5.89 Å². The van der Waals surface area contributed by atoms with Gasteiger partial charge in [-0.25, -0.2) is 4.98 Å².